The van der Waals surface area contributed by atoms with Crippen molar-refractivity contribution < 1.29 is 14.2 Å². The molecule has 1 aromatic heterocycles. The summed E-state index contributed by atoms with van der Waals surface area (Å²) in [5, 5.41) is 7.55. The molecule has 1 unspecified atom stereocenters. The van der Waals surface area contributed by atoms with Gasteiger partial charge in [0.05, 0.1) is 0 Å². The number of hydrogen-bond donors (Lipinski definition) is 0. The molecule has 7 nitrogen and oxygen atoms in total. The van der Waals surface area contributed by atoms with Gasteiger partial charge in [-0.3, -0.25) is 9.59 Å². The van der Waals surface area contributed by atoms with E-state index >= 15 is 0 Å². The monoisotopic (exact) mass is 302 g/mol. The third-order valence-electron chi connectivity index (χ3n) is 4.05. The van der Waals surface area contributed by atoms with E-state index in [1.165, 1.54) is 0 Å². The maximum atomic E-state index is 12.5. The highest BCUT2D eigenvalue weighted by atomic mass is 16.6. The normalized spacial score (nSPS) is 16.3. The Hall–Kier alpha value is -2.44. The summed E-state index contributed by atoms with van der Waals surface area (Å²) in [7, 11) is 1.74. The summed E-state index contributed by atoms with van der Waals surface area (Å²) in [6, 6.07) is 5.13. The largest absolute Gasteiger partial charge is 0.340 e. The number of aromatic nitrogens is 2. The summed E-state index contributed by atoms with van der Waals surface area (Å²) in [4.78, 5) is 27.5. The number of carbonyl (C=O) groups is 2. The Kier molecular flexibility index (Phi) is 3.79. The molecule has 3 rings (SSSR count). The molecule has 1 fully saturated rings. The third kappa shape index (κ3) is 2.66. The summed E-state index contributed by atoms with van der Waals surface area (Å²) in [5.41, 5.74) is 2.30. The van der Waals surface area contributed by atoms with Crippen molar-refractivity contribution in [3.63, 3.8) is 0 Å². The summed E-state index contributed by atoms with van der Waals surface area (Å²) < 4.78 is 4.67. The van der Waals surface area contributed by atoms with Gasteiger partial charge in [0, 0.05) is 26.6 Å². The van der Waals surface area contributed by atoms with Crippen molar-refractivity contribution in [2.24, 2.45) is 0 Å². The number of carbonyl (C=O) groups excluding carboxylic acids is 2. The van der Waals surface area contributed by atoms with E-state index in [1.807, 2.05) is 18.2 Å². The first-order valence-electron chi connectivity index (χ1n) is 7.32. The predicted octanol–water partition coefficient (Wildman–Crippen LogP) is 1.19. The molecule has 0 radical (unpaired) electrons. The first kappa shape index (κ1) is 14.5. The van der Waals surface area contributed by atoms with Gasteiger partial charge in [-0.2, -0.15) is 0 Å². The van der Waals surface area contributed by atoms with Crippen LogP contribution in [-0.4, -0.2) is 51.6 Å². The smallest absolute Gasteiger partial charge is 0.245 e. The molecule has 0 saturated carbocycles. The van der Waals surface area contributed by atoms with Gasteiger partial charge in [-0.25, -0.2) is 4.63 Å². The number of fused-ring (bicyclic) bond motifs is 1. The number of amides is 2. The van der Waals surface area contributed by atoms with E-state index in [4.69, 9.17) is 0 Å². The van der Waals surface area contributed by atoms with Crippen LogP contribution in [0.4, 0.5) is 0 Å². The number of likely N-dealkylation sites (N-methyl/N-ethyl adjacent to an activating group) is 1. The number of hydrogen-bond acceptors (Lipinski definition) is 5. The SMILES string of the molecule is CC(C(=O)N(C)Cc1ccc2nonc2c1)N1CCCC1=O. The Bertz CT molecular complexity index is 712. The van der Waals surface area contributed by atoms with Gasteiger partial charge in [0.25, 0.3) is 0 Å². The summed E-state index contributed by atoms with van der Waals surface area (Å²) in [5.74, 6) is -0.00188. The van der Waals surface area contributed by atoms with Gasteiger partial charge in [-0.05, 0) is 41.4 Å². The molecule has 22 heavy (non-hydrogen) atoms. The average molecular weight is 302 g/mol. The van der Waals surface area contributed by atoms with Gasteiger partial charge < -0.3 is 9.80 Å². The average Bonchev–Trinajstić information content (AvgIpc) is 3.13. The number of likely N-dealkylation sites (tertiary alicyclic amines) is 1. The molecular weight excluding hydrogens is 284 g/mol. The minimum absolute atomic E-state index is 0.0596. The fourth-order valence-electron chi connectivity index (χ4n) is 2.81. The van der Waals surface area contributed by atoms with E-state index in [9.17, 15) is 9.59 Å². The lowest BCUT2D eigenvalue weighted by Gasteiger charge is -2.28. The van der Waals surface area contributed by atoms with Crippen molar-refractivity contribution in [1.82, 2.24) is 20.1 Å². The highest BCUT2D eigenvalue weighted by Crippen LogP contribution is 2.17. The van der Waals surface area contributed by atoms with E-state index in [0.29, 0.717) is 30.5 Å². The minimum atomic E-state index is -0.419. The van der Waals surface area contributed by atoms with Crippen molar-refractivity contribution >= 4 is 22.8 Å². The molecule has 1 aliphatic heterocycles. The van der Waals surface area contributed by atoms with Gasteiger partial charge in [0.1, 0.15) is 17.1 Å². The van der Waals surface area contributed by atoms with Crippen LogP contribution in [-0.2, 0) is 16.1 Å². The molecule has 7 heteroatoms. The molecule has 0 spiro atoms. The van der Waals surface area contributed by atoms with E-state index in [1.54, 1.807) is 23.8 Å². The van der Waals surface area contributed by atoms with E-state index in [0.717, 1.165) is 12.0 Å². The van der Waals surface area contributed by atoms with E-state index in [-0.39, 0.29) is 11.8 Å². The van der Waals surface area contributed by atoms with Gasteiger partial charge in [0.2, 0.25) is 11.8 Å². The summed E-state index contributed by atoms with van der Waals surface area (Å²) in [6.07, 6.45) is 1.37. The Labute approximate surface area is 127 Å². The highest BCUT2D eigenvalue weighted by molar-refractivity contribution is 5.88. The zero-order valence-corrected chi connectivity index (χ0v) is 12.7. The lowest BCUT2D eigenvalue weighted by molar-refractivity contribution is -0.142. The molecule has 0 N–H and O–H groups in total. The molecular formula is C15H18N4O3. The van der Waals surface area contributed by atoms with Gasteiger partial charge in [-0.15, -0.1) is 0 Å². The molecule has 2 amide bonds. The first-order chi connectivity index (χ1) is 10.6. The fraction of sp³-hybridized carbons (Fsp3) is 0.467. The third-order valence-corrected chi connectivity index (χ3v) is 4.05. The van der Waals surface area contributed by atoms with E-state index in [2.05, 4.69) is 14.9 Å². The quantitative estimate of drug-likeness (QED) is 0.847. The Morgan fingerprint density at radius 1 is 1.41 bits per heavy atom. The molecule has 2 aromatic rings. The van der Waals surface area contributed by atoms with Gasteiger partial charge in [0.15, 0.2) is 0 Å². The fourth-order valence-corrected chi connectivity index (χ4v) is 2.81. The molecule has 1 atom stereocenters. The second-order valence-electron chi connectivity index (χ2n) is 5.65. The van der Waals surface area contributed by atoms with Crippen LogP contribution in [0.2, 0.25) is 0 Å². The summed E-state index contributed by atoms with van der Waals surface area (Å²) >= 11 is 0. The second kappa shape index (κ2) is 5.75. The maximum absolute atomic E-state index is 12.5. The molecule has 116 valence electrons. The van der Waals surface area contributed by atoms with Crippen LogP contribution in [0.25, 0.3) is 11.0 Å². The van der Waals surface area contributed by atoms with Crippen LogP contribution < -0.4 is 0 Å². The predicted molar refractivity (Wildman–Crippen MR) is 78.7 cm³/mol. The lowest BCUT2D eigenvalue weighted by Crippen LogP contribution is -2.46. The zero-order valence-electron chi connectivity index (χ0n) is 12.7. The molecule has 0 bridgehead atoms. The van der Waals surface area contributed by atoms with Crippen molar-refractivity contribution in [2.75, 3.05) is 13.6 Å². The first-order valence-corrected chi connectivity index (χ1v) is 7.32. The van der Waals surface area contributed by atoms with Crippen molar-refractivity contribution in [3.05, 3.63) is 23.8 Å². The van der Waals surface area contributed by atoms with Crippen LogP contribution >= 0.6 is 0 Å². The Morgan fingerprint density at radius 3 is 2.91 bits per heavy atom. The van der Waals surface area contributed by atoms with Crippen molar-refractivity contribution in [3.8, 4) is 0 Å². The van der Waals surface area contributed by atoms with Crippen LogP contribution in [0.5, 0.6) is 0 Å². The molecule has 0 aliphatic carbocycles. The van der Waals surface area contributed by atoms with Gasteiger partial charge in [-0.1, -0.05) is 6.07 Å². The second-order valence-corrected chi connectivity index (χ2v) is 5.65. The van der Waals surface area contributed by atoms with Crippen LogP contribution in [0.3, 0.4) is 0 Å². The van der Waals surface area contributed by atoms with Crippen molar-refractivity contribution in [2.45, 2.75) is 32.4 Å². The molecule has 1 aliphatic rings. The standard InChI is InChI=1S/C15H18N4O3/c1-10(19-7-3-4-14(19)20)15(21)18(2)9-11-5-6-12-13(8-11)17-22-16-12/h5-6,8,10H,3-4,7,9H2,1-2H3. The maximum Gasteiger partial charge on any atom is 0.245 e. The van der Waals surface area contributed by atoms with E-state index < -0.39 is 6.04 Å². The zero-order chi connectivity index (χ0) is 15.7. The molecule has 1 aromatic carbocycles. The topological polar surface area (TPSA) is 79.5 Å². The minimum Gasteiger partial charge on any atom is -0.340 e. The number of benzene rings is 1. The van der Waals surface area contributed by atoms with Crippen LogP contribution in [0, 0.1) is 0 Å². The lowest BCUT2D eigenvalue weighted by atomic mass is 10.1. The molecule has 2 heterocycles. The Morgan fingerprint density at radius 2 is 2.18 bits per heavy atom. The van der Waals surface area contributed by atoms with Crippen LogP contribution in [0.15, 0.2) is 22.8 Å². The molecule has 1 saturated heterocycles. The van der Waals surface area contributed by atoms with Gasteiger partial charge >= 0.3 is 0 Å². The van der Waals surface area contributed by atoms with Crippen molar-refractivity contribution in [1.29, 1.82) is 0 Å². The number of rotatable bonds is 4. The van der Waals surface area contributed by atoms with Crippen LogP contribution in [0.1, 0.15) is 25.3 Å². The highest BCUT2D eigenvalue weighted by Gasteiger charge is 2.30. The summed E-state index contributed by atoms with van der Waals surface area (Å²) in [6.45, 7) is 2.90. The Balaban J connectivity index is 1.68. The number of nitrogens with zero attached hydrogens (tertiary/aromatic N) is 4.